The van der Waals surface area contributed by atoms with Gasteiger partial charge in [-0.25, -0.2) is 4.79 Å². The van der Waals surface area contributed by atoms with E-state index in [1.165, 1.54) is 31.7 Å². The Labute approximate surface area is 235 Å². The van der Waals surface area contributed by atoms with Crippen molar-refractivity contribution in [2.24, 2.45) is 0 Å². The van der Waals surface area contributed by atoms with E-state index >= 15 is 0 Å². The lowest BCUT2D eigenvalue weighted by Gasteiger charge is -2.25. The zero-order valence-electron chi connectivity index (χ0n) is 23.3. The van der Waals surface area contributed by atoms with Crippen LogP contribution in [0.3, 0.4) is 0 Å². The number of aryl methyl sites for hydroxylation is 3. The van der Waals surface area contributed by atoms with Gasteiger partial charge in [-0.3, -0.25) is 4.79 Å². The molecule has 0 aliphatic rings. The number of hydrogen-bond acceptors (Lipinski definition) is 6. The van der Waals surface area contributed by atoms with Crippen LogP contribution in [0.5, 0.6) is 0 Å². The number of unbranched alkanes of at least 4 members (excludes halogenated alkanes) is 4. The minimum absolute atomic E-state index is 0.227. The summed E-state index contributed by atoms with van der Waals surface area (Å²) in [5.41, 5.74) is 4.96. The first kappa shape index (κ1) is 30.6. The number of ether oxygens (including phenoxy) is 1. The molecular weight excluding hydrogens is 512 g/mol. The van der Waals surface area contributed by atoms with Crippen LogP contribution in [0, 0.1) is 13.8 Å². The van der Waals surface area contributed by atoms with Crippen molar-refractivity contribution in [2.75, 3.05) is 32.1 Å². The number of fused-ring (bicyclic) bond motifs is 1. The SMILES string of the molecule is Cc1ccc(CCCCCOC(C(=O)N(C)CCCCCNc2ccc3sccc3c2)C(O)C(=O)O)cc1C. The van der Waals surface area contributed by atoms with E-state index in [0.29, 0.717) is 13.0 Å². The molecule has 3 aromatic rings. The Bertz CT molecular complexity index is 1210. The lowest BCUT2D eigenvalue weighted by molar-refractivity contribution is -0.166. The van der Waals surface area contributed by atoms with Crippen molar-refractivity contribution in [3.8, 4) is 0 Å². The number of carbonyl (C=O) groups is 2. The Morgan fingerprint density at radius 3 is 2.54 bits per heavy atom. The quantitative estimate of drug-likeness (QED) is 0.182. The largest absolute Gasteiger partial charge is 0.479 e. The van der Waals surface area contributed by atoms with Gasteiger partial charge in [-0.1, -0.05) is 24.6 Å². The third-order valence-corrected chi connectivity index (χ3v) is 7.99. The maximum Gasteiger partial charge on any atom is 0.335 e. The number of anilines is 1. The standard InChI is InChI=1S/C31H42N2O5S/c1-22-11-12-24(20-23(22)2)10-6-4-9-18-38-29(28(34)31(36)37)30(35)33(3)17-8-5-7-16-32-26-13-14-27-25(21-26)15-19-39-27/h11-15,19-21,28-29,32,34H,4-10,16-18H2,1-3H3,(H,36,37). The van der Waals surface area contributed by atoms with Gasteiger partial charge in [0.25, 0.3) is 5.91 Å². The molecule has 0 aliphatic carbocycles. The third kappa shape index (κ3) is 9.64. The zero-order valence-corrected chi connectivity index (χ0v) is 24.1. The highest BCUT2D eigenvalue weighted by molar-refractivity contribution is 7.17. The number of aliphatic carboxylic acids is 1. The van der Waals surface area contributed by atoms with Gasteiger partial charge < -0.3 is 25.2 Å². The second-order valence-corrected chi connectivity index (χ2v) is 11.2. The minimum atomic E-state index is -1.89. The number of aliphatic hydroxyl groups excluding tert-OH is 1. The van der Waals surface area contributed by atoms with E-state index in [-0.39, 0.29) is 6.61 Å². The smallest absolute Gasteiger partial charge is 0.335 e. The Balaban J connectivity index is 1.34. The number of benzene rings is 2. The van der Waals surface area contributed by atoms with E-state index in [1.807, 2.05) is 0 Å². The molecule has 0 radical (unpaired) electrons. The lowest BCUT2D eigenvalue weighted by atomic mass is 10.0. The second kappa shape index (κ2) is 15.6. The van der Waals surface area contributed by atoms with Crippen LogP contribution in [0.25, 0.3) is 10.1 Å². The second-order valence-electron chi connectivity index (χ2n) is 10.2. The Kier molecular flexibility index (Phi) is 12.2. The van der Waals surface area contributed by atoms with Crippen LogP contribution in [-0.2, 0) is 20.7 Å². The van der Waals surface area contributed by atoms with Gasteiger partial charge in [0.15, 0.2) is 12.2 Å². The molecule has 0 saturated carbocycles. The predicted octanol–water partition coefficient (Wildman–Crippen LogP) is 5.80. The van der Waals surface area contributed by atoms with Crippen LogP contribution in [0.4, 0.5) is 5.69 Å². The van der Waals surface area contributed by atoms with Crippen molar-refractivity contribution >= 4 is 39.0 Å². The summed E-state index contributed by atoms with van der Waals surface area (Å²) in [4.78, 5) is 25.8. The molecule has 1 aromatic heterocycles. The van der Waals surface area contributed by atoms with E-state index < -0.39 is 24.1 Å². The number of carbonyl (C=O) groups excluding carboxylic acids is 1. The van der Waals surface area contributed by atoms with Crippen LogP contribution >= 0.6 is 11.3 Å². The highest BCUT2D eigenvalue weighted by atomic mass is 32.1. The molecule has 2 aromatic carbocycles. The fourth-order valence-electron chi connectivity index (χ4n) is 4.49. The summed E-state index contributed by atoms with van der Waals surface area (Å²) in [6.07, 6.45) is 2.87. The summed E-state index contributed by atoms with van der Waals surface area (Å²) < 4.78 is 6.90. The number of carboxylic acid groups (broad SMARTS) is 1. The highest BCUT2D eigenvalue weighted by Gasteiger charge is 2.34. The van der Waals surface area contributed by atoms with E-state index in [4.69, 9.17) is 4.74 Å². The van der Waals surface area contributed by atoms with E-state index in [1.54, 1.807) is 18.4 Å². The van der Waals surface area contributed by atoms with Crippen LogP contribution in [0.2, 0.25) is 0 Å². The average molecular weight is 555 g/mol. The maximum absolute atomic E-state index is 12.9. The summed E-state index contributed by atoms with van der Waals surface area (Å²) in [6.45, 7) is 5.75. The molecule has 1 amide bonds. The lowest BCUT2D eigenvalue weighted by Crippen LogP contribution is -2.48. The fraction of sp³-hybridized carbons (Fsp3) is 0.484. The average Bonchev–Trinajstić information content (AvgIpc) is 3.39. The normalized spacial score (nSPS) is 12.8. The van der Waals surface area contributed by atoms with Crippen molar-refractivity contribution < 1.29 is 24.5 Å². The molecule has 2 unspecified atom stereocenters. The molecular formula is C31H42N2O5S. The molecule has 2 atom stereocenters. The number of rotatable bonds is 17. The Hall–Kier alpha value is -2.94. The van der Waals surface area contributed by atoms with E-state index in [2.05, 4.69) is 67.0 Å². The Morgan fingerprint density at radius 1 is 0.974 bits per heavy atom. The zero-order chi connectivity index (χ0) is 28.2. The van der Waals surface area contributed by atoms with Crippen molar-refractivity contribution in [1.29, 1.82) is 0 Å². The molecule has 0 spiro atoms. The molecule has 3 rings (SSSR count). The first-order valence-electron chi connectivity index (χ1n) is 13.8. The summed E-state index contributed by atoms with van der Waals surface area (Å²) in [6, 6.07) is 15.0. The number of carboxylic acids is 1. The van der Waals surface area contributed by atoms with Crippen LogP contribution < -0.4 is 5.32 Å². The molecule has 212 valence electrons. The predicted molar refractivity (Wildman–Crippen MR) is 159 cm³/mol. The van der Waals surface area contributed by atoms with E-state index in [0.717, 1.165) is 50.8 Å². The molecule has 0 fully saturated rings. The van der Waals surface area contributed by atoms with Crippen molar-refractivity contribution in [3.05, 3.63) is 64.5 Å². The van der Waals surface area contributed by atoms with Crippen molar-refractivity contribution in [2.45, 2.75) is 71.0 Å². The first-order valence-corrected chi connectivity index (χ1v) is 14.7. The molecule has 7 nitrogen and oxygen atoms in total. The van der Waals surface area contributed by atoms with Crippen LogP contribution in [0.15, 0.2) is 47.8 Å². The van der Waals surface area contributed by atoms with Gasteiger partial charge in [0, 0.05) is 37.1 Å². The third-order valence-electron chi connectivity index (χ3n) is 7.09. The van der Waals surface area contributed by atoms with Gasteiger partial charge in [-0.2, -0.15) is 0 Å². The van der Waals surface area contributed by atoms with Gasteiger partial charge >= 0.3 is 5.97 Å². The van der Waals surface area contributed by atoms with Gasteiger partial charge in [-0.05, 0) is 104 Å². The molecule has 3 N–H and O–H groups in total. The molecule has 39 heavy (non-hydrogen) atoms. The molecule has 8 heteroatoms. The number of hydrogen-bond donors (Lipinski definition) is 3. The number of likely N-dealkylation sites (N-methyl/N-ethyl adjacent to an activating group) is 1. The summed E-state index contributed by atoms with van der Waals surface area (Å²) in [7, 11) is 1.63. The minimum Gasteiger partial charge on any atom is -0.479 e. The van der Waals surface area contributed by atoms with Gasteiger partial charge in [-0.15, -0.1) is 11.3 Å². The number of nitrogens with one attached hydrogen (secondary N) is 1. The summed E-state index contributed by atoms with van der Waals surface area (Å²) >= 11 is 1.73. The van der Waals surface area contributed by atoms with E-state index in [9.17, 15) is 19.8 Å². The number of amides is 1. The molecule has 0 aliphatic heterocycles. The fourth-order valence-corrected chi connectivity index (χ4v) is 5.26. The van der Waals surface area contributed by atoms with Crippen LogP contribution in [-0.4, -0.2) is 65.9 Å². The van der Waals surface area contributed by atoms with Crippen molar-refractivity contribution in [3.63, 3.8) is 0 Å². The first-order chi connectivity index (χ1) is 18.8. The molecule has 0 saturated heterocycles. The topological polar surface area (TPSA) is 99.1 Å². The monoisotopic (exact) mass is 554 g/mol. The number of nitrogens with zero attached hydrogens (tertiary/aromatic N) is 1. The Morgan fingerprint density at radius 2 is 1.77 bits per heavy atom. The summed E-state index contributed by atoms with van der Waals surface area (Å²) in [5.74, 6) is -1.95. The maximum atomic E-state index is 12.9. The molecule has 1 heterocycles. The summed E-state index contributed by atoms with van der Waals surface area (Å²) in [5, 5.41) is 26.2. The van der Waals surface area contributed by atoms with Gasteiger partial charge in [0.2, 0.25) is 0 Å². The molecule has 0 bridgehead atoms. The van der Waals surface area contributed by atoms with Gasteiger partial charge in [0.1, 0.15) is 0 Å². The van der Waals surface area contributed by atoms with Gasteiger partial charge in [0.05, 0.1) is 0 Å². The van der Waals surface area contributed by atoms with Crippen LogP contribution in [0.1, 0.15) is 55.2 Å². The van der Waals surface area contributed by atoms with Crippen molar-refractivity contribution in [1.82, 2.24) is 4.90 Å². The number of aliphatic hydroxyl groups is 1. The highest BCUT2D eigenvalue weighted by Crippen LogP contribution is 2.24. The number of thiophene rings is 1.